The molecule has 0 saturated carbocycles. The number of hydrazine groups is 1. The van der Waals surface area contributed by atoms with E-state index in [0.29, 0.717) is 16.3 Å². The molecule has 0 unspecified atom stereocenters. The minimum atomic E-state index is -0.527. The molecule has 6 heteroatoms. The lowest BCUT2D eigenvalue weighted by molar-refractivity contribution is 0.0938. The van der Waals surface area contributed by atoms with Crippen LogP contribution < -0.4 is 16.2 Å². The molecular formula is C15H14ClN3O2. The van der Waals surface area contributed by atoms with Gasteiger partial charge in [0, 0.05) is 16.3 Å². The maximum atomic E-state index is 11.8. The normalized spacial score (nSPS) is 9.81. The van der Waals surface area contributed by atoms with E-state index in [2.05, 4.69) is 16.2 Å². The second-order valence-electron chi connectivity index (χ2n) is 4.41. The smallest absolute Gasteiger partial charge is 0.307 e. The van der Waals surface area contributed by atoms with E-state index in [0.717, 1.165) is 5.56 Å². The van der Waals surface area contributed by atoms with Gasteiger partial charge in [0.1, 0.15) is 0 Å². The molecule has 0 aliphatic heterocycles. The summed E-state index contributed by atoms with van der Waals surface area (Å²) in [4.78, 5) is 23.4. The average molecular weight is 304 g/mol. The van der Waals surface area contributed by atoms with Gasteiger partial charge in [-0.3, -0.25) is 10.2 Å². The quantitative estimate of drug-likeness (QED) is 0.746. The van der Waals surface area contributed by atoms with E-state index in [1.165, 1.54) is 0 Å². The molecule has 2 aromatic rings. The van der Waals surface area contributed by atoms with Gasteiger partial charge >= 0.3 is 6.03 Å². The van der Waals surface area contributed by atoms with E-state index < -0.39 is 11.9 Å². The molecule has 0 aliphatic rings. The van der Waals surface area contributed by atoms with Gasteiger partial charge in [0.2, 0.25) is 0 Å². The van der Waals surface area contributed by atoms with Crippen LogP contribution in [0.3, 0.4) is 0 Å². The molecule has 0 saturated heterocycles. The van der Waals surface area contributed by atoms with Crippen LogP contribution in [0.4, 0.5) is 10.5 Å². The fourth-order valence-corrected chi connectivity index (χ4v) is 1.71. The first-order chi connectivity index (χ1) is 10.0. The third kappa shape index (κ3) is 4.50. The van der Waals surface area contributed by atoms with Crippen LogP contribution >= 0.6 is 11.6 Å². The largest absolute Gasteiger partial charge is 0.337 e. The van der Waals surface area contributed by atoms with E-state index in [1.807, 2.05) is 19.1 Å². The molecule has 108 valence electrons. The molecule has 0 spiro atoms. The molecule has 0 aliphatic carbocycles. The second-order valence-corrected chi connectivity index (χ2v) is 4.84. The number of carbonyl (C=O) groups excluding carboxylic acids is 2. The number of carbonyl (C=O) groups is 2. The summed E-state index contributed by atoms with van der Waals surface area (Å²) in [6, 6.07) is 13.1. The Morgan fingerprint density at radius 3 is 2.14 bits per heavy atom. The molecule has 3 N–H and O–H groups in total. The molecule has 0 atom stereocenters. The van der Waals surface area contributed by atoms with Crippen molar-refractivity contribution >= 4 is 29.2 Å². The third-order valence-electron chi connectivity index (χ3n) is 2.71. The minimum absolute atomic E-state index is 0.398. The number of hydrogen-bond acceptors (Lipinski definition) is 2. The molecule has 0 aromatic heterocycles. The first-order valence-corrected chi connectivity index (χ1v) is 6.62. The Labute approximate surface area is 127 Å². The van der Waals surface area contributed by atoms with Gasteiger partial charge in [-0.05, 0) is 43.3 Å². The fourth-order valence-electron chi connectivity index (χ4n) is 1.59. The molecule has 21 heavy (non-hydrogen) atoms. The summed E-state index contributed by atoms with van der Waals surface area (Å²) in [5.74, 6) is -0.425. The molecule has 2 rings (SSSR count). The molecule has 3 amide bonds. The standard InChI is InChI=1S/C15H14ClN3O2/c1-10-2-8-13(9-3-10)17-15(21)19-18-14(20)11-4-6-12(16)7-5-11/h2-9H,1H3,(H,18,20)(H2,17,19,21). The highest BCUT2D eigenvalue weighted by atomic mass is 35.5. The van der Waals surface area contributed by atoms with E-state index in [-0.39, 0.29) is 0 Å². The van der Waals surface area contributed by atoms with Crippen LogP contribution in [0.5, 0.6) is 0 Å². The molecular weight excluding hydrogens is 290 g/mol. The van der Waals surface area contributed by atoms with Crippen molar-refractivity contribution in [2.45, 2.75) is 6.92 Å². The summed E-state index contributed by atoms with van der Waals surface area (Å²) in [5, 5.41) is 3.14. The summed E-state index contributed by atoms with van der Waals surface area (Å²) in [7, 11) is 0. The van der Waals surface area contributed by atoms with Gasteiger partial charge < -0.3 is 5.32 Å². The van der Waals surface area contributed by atoms with Crippen molar-refractivity contribution in [3.05, 3.63) is 64.7 Å². The van der Waals surface area contributed by atoms with Crippen LogP contribution in [0.25, 0.3) is 0 Å². The van der Waals surface area contributed by atoms with E-state index in [4.69, 9.17) is 11.6 Å². The zero-order chi connectivity index (χ0) is 15.2. The Bertz CT molecular complexity index is 639. The zero-order valence-electron chi connectivity index (χ0n) is 11.3. The SMILES string of the molecule is Cc1ccc(NC(=O)NNC(=O)c2ccc(Cl)cc2)cc1. The van der Waals surface area contributed by atoms with Crippen LogP contribution in [-0.4, -0.2) is 11.9 Å². The van der Waals surface area contributed by atoms with Gasteiger partial charge in [0.15, 0.2) is 0 Å². The first-order valence-electron chi connectivity index (χ1n) is 6.24. The average Bonchev–Trinajstić information content (AvgIpc) is 2.48. The van der Waals surface area contributed by atoms with E-state index in [9.17, 15) is 9.59 Å². The molecule has 0 heterocycles. The minimum Gasteiger partial charge on any atom is -0.307 e. The Kier molecular flexibility index (Phi) is 4.79. The maximum Gasteiger partial charge on any atom is 0.337 e. The van der Waals surface area contributed by atoms with Crippen LogP contribution in [-0.2, 0) is 0 Å². The van der Waals surface area contributed by atoms with Crippen molar-refractivity contribution < 1.29 is 9.59 Å². The van der Waals surface area contributed by atoms with E-state index in [1.54, 1.807) is 36.4 Å². The van der Waals surface area contributed by atoms with Gasteiger partial charge in [-0.2, -0.15) is 0 Å². The third-order valence-corrected chi connectivity index (χ3v) is 2.96. The maximum absolute atomic E-state index is 11.8. The summed E-state index contributed by atoms with van der Waals surface area (Å²) in [6.45, 7) is 1.95. The summed E-state index contributed by atoms with van der Waals surface area (Å²) >= 11 is 5.73. The molecule has 5 nitrogen and oxygen atoms in total. The number of rotatable bonds is 2. The Hall–Kier alpha value is -2.53. The van der Waals surface area contributed by atoms with Gasteiger partial charge in [-0.15, -0.1) is 0 Å². The lowest BCUT2D eigenvalue weighted by Crippen LogP contribution is -2.43. The number of benzene rings is 2. The summed E-state index contributed by atoms with van der Waals surface area (Å²) in [6.07, 6.45) is 0. The molecule has 0 fully saturated rings. The van der Waals surface area contributed by atoms with Crippen molar-refractivity contribution in [1.82, 2.24) is 10.9 Å². The van der Waals surface area contributed by atoms with Gasteiger partial charge in [-0.25, -0.2) is 10.2 Å². The van der Waals surface area contributed by atoms with Crippen molar-refractivity contribution in [3.63, 3.8) is 0 Å². The summed E-state index contributed by atoms with van der Waals surface area (Å²) < 4.78 is 0. The number of nitrogens with one attached hydrogen (secondary N) is 3. The number of aryl methyl sites for hydroxylation is 1. The van der Waals surface area contributed by atoms with Gasteiger partial charge in [0.25, 0.3) is 5.91 Å². The zero-order valence-corrected chi connectivity index (χ0v) is 12.1. The van der Waals surface area contributed by atoms with E-state index >= 15 is 0 Å². The van der Waals surface area contributed by atoms with Crippen molar-refractivity contribution in [1.29, 1.82) is 0 Å². The monoisotopic (exact) mass is 303 g/mol. The topological polar surface area (TPSA) is 70.2 Å². The Morgan fingerprint density at radius 2 is 1.52 bits per heavy atom. The predicted molar refractivity (Wildman–Crippen MR) is 82.3 cm³/mol. The number of anilines is 1. The molecule has 0 bridgehead atoms. The number of amides is 3. The van der Waals surface area contributed by atoms with Crippen LogP contribution in [0.2, 0.25) is 5.02 Å². The van der Waals surface area contributed by atoms with Crippen molar-refractivity contribution in [2.75, 3.05) is 5.32 Å². The lowest BCUT2D eigenvalue weighted by atomic mass is 10.2. The lowest BCUT2D eigenvalue weighted by Gasteiger charge is -2.09. The molecule has 2 aromatic carbocycles. The number of urea groups is 1. The Morgan fingerprint density at radius 1 is 0.905 bits per heavy atom. The second kappa shape index (κ2) is 6.76. The summed E-state index contributed by atoms with van der Waals surface area (Å²) in [5.41, 5.74) is 6.71. The number of halogens is 1. The van der Waals surface area contributed by atoms with Crippen LogP contribution in [0, 0.1) is 6.92 Å². The Balaban J connectivity index is 1.84. The van der Waals surface area contributed by atoms with Crippen molar-refractivity contribution in [2.24, 2.45) is 0 Å². The highest BCUT2D eigenvalue weighted by molar-refractivity contribution is 6.30. The van der Waals surface area contributed by atoms with Gasteiger partial charge in [0.05, 0.1) is 0 Å². The fraction of sp³-hybridized carbons (Fsp3) is 0.0667. The van der Waals surface area contributed by atoms with Crippen LogP contribution in [0.15, 0.2) is 48.5 Å². The first kappa shape index (κ1) is 14.9. The van der Waals surface area contributed by atoms with Gasteiger partial charge in [-0.1, -0.05) is 29.3 Å². The highest BCUT2D eigenvalue weighted by Gasteiger charge is 2.07. The molecule has 0 radical (unpaired) electrons. The van der Waals surface area contributed by atoms with Crippen molar-refractivity contribution in [3.8, 4) is 0 Å². The van der Waals surface area contributed by atoms with Crippen LogP contribution in [0.1, 0.15) is 15.9 Å². The number of hydrogen-bond donors (Lipinski definition) is 3. The highest BCUT2D eigenvalue weighted by Crippen LogP contribution is 2.09. The predicted octanol–water partition coefficient (Wildman–Crippen LogP) is 3.11.